The van der Waals surface area contributed by atoms with E-state index in [-0.39, 0.29) is 28.3 Å². The van der Waals surface area contributed by atoms with E-state index in [2.05, 4.69) is 6.92 Å². The van der Waals surface area contributed by atoms with Crippen LogP contribution < -0.4 is 0 Å². The maximum atomic E-state index is 11.7. The van der Waals surface area contributed by atoms with Crippen LogP contribution in [0.4, 0.5) is 0 Å². The summed E-state index contributed by atoms with van der Waals surface area (Å²) in [5, 5.41) is 0. The van der Waals surface area contributed by atoms with Crippen molar-refractivity contribution >= 4 is 5.97 Å². The van der Waals surface area contributed by atoms with E-state index in [4.69, 9.17) is 4.74 Å². The molecule has 1 radical (unpaired) electrons. The van der Waals surface area contributed by atoms with Gasteiger partial charge in [-0.1, -0.05) is 82.9 Å². The average Bonchev–Trinajstić information content (AvgIpc) is 2.53. The molecule has 0 spiro atoms. The van der Waals surface area contributed by atoms with Gasteiger partial charge in [-0.25, -0.2) is 4.79 Å². The van der Waals surface area contributed by atoms with Crippen molar-refractivity contribution in [2.24, 2.45) is 0 Å². The third-order valence-electron chi connectivity index (χ3n) is 3.74. The maximum Gasteiger partial charge on any atom is 0.338 e. The molecule has 2 nitrogen and oxygen atoms in total. The fraction of sp³-hybridized carbons (Fsp3) is 0.632. The van der Waals surface area contributed by atoms with Crippen molar-refractivity contribution in [2.75, 3.05) is 6.61 Å². The standard InChI is InChI=1S/C19H30O2.Ag/c1-2-3-4-5-6-7-8-9-10-14-17-21-19(20)18-15-12-11-13-16-18;/h11-13,15-16H,2-10,14,17H2,1H3;. The quantitative estimate of drug-likeness (QED) is 0.254. The molecule has 129 valence electrons. The van der Waals surface area contributed by atoms with Crippen LogP contribution in [-0.4, -0.2) is 12.6 Å². The minimum Gasteiger partial charge on any atom is -0.462 e. The Morgan fingerprint density at radius 2 is 1.32 bits per heavy atom. The number of rotatable bonds is 12. The average molecular weight is 398 g/mol. The van der Waals surface area contributed by atoms with Gasteiger partial charge in [0.05, 0.1) is 12.2 Å². The summed E-state index contributed by atoms with van der Waals surface area (Å²) in [4.78, 5) is 11.7. The minimum absolute atomic E-state index is 0. The molecule has 0 aliphatic heterocycles. The normalized spacial score (nSPS) is 10.0. The van der Waals surface area contributed by atoms with Crippen molar-refractivity contribution in [3.63, 3.8) is 0 Å². The van der Waals surface area contributed by atoms with Crippen LogP contribution in [0, 0.1) is 0 Å². The van der Waals surface area contributed by atoms with Gasteiger partial charge < -0.3 is 4.74 Å². The second-order valence-corrected chi connectivity index (χ2v) is 5.68. The van der Waals surface area contributed by atoms with Crippen molar-refractivity contribution in [1.29, 1.82) is 0 Å². The number of ether oxygens (including phenoxy) is 1. The van der Waals surface area contributed by atoms with Gasteiger partial charge in [0.2, 0.25) is 0 Å². The van der Waals surface area contributed by atoms with E-state index in [0.29, 0.717) is 12.2 Å². The molecule has 1 rings (SSSR count). The van der Waals surface area contributed by atoms with Gasteiger partial charge in [-0.2, -0.15) is 0 Å². The number of benzene rings is 1. The van der Waals surface area contributed by atoms with E-state index < -0.39 is 0 Å². The zero-order chi connectivity index (χ0) is 15.2. The second-order valence-electron chi connectivity index (χ2n) is 5.68. The summed E-state index contributed by atoms with van der Waals surface area (Å²) >= 11 is 0. The van der Waals surface area contributed by atoms with E-state index in [0.717, 1.165) is 12.8 Å². The predicted molar refractivity (Wildman–Crippen MR) is 88.6 cm³/mol. The minimum atomic E-state index is -0.202. The van der Waals surface area contributed by atoms with Gasteiger partial charge in [-0.05, 0) is 18.6 Å². The van der Waals surface area contributed by atoms with Crippen molar-refractivity contribution in [3.8, 4) is 0 Å². The van der Waals surface area contributed by atoms with Crippen molar-refractivity contribution < 1.29 is 31.9 Å². The Labute approximate surface area is 151 Å². The van der Waals surface area contributed by atoms with Gasteiger partial charge in [0, 0.05) is 22.4 Å². The van der Waals surface area contributed by atoms with E-state index in [1.165, 1.54) is 51.4 Å². The summed E-state index contributed by atoms with van der Waals surface area (Å²) in [6.45, 7) is 2.80. The Morgan fingerprint density at radius 3 is 1.86 bits per heavy atom. The zero-order valence-corrected chi connectivity index (χ0v) is 15.3. The first-order chi connectivity index (χ1) is 10.3. The van der Waals surface area contributed by atoms with E-state index in [1.54, 1.807) is 12.1 Å². The summed E-state index contributed by atoms with van der Waals surface area (Å²) in [7, 11) is 0. The molecule has 0 bridgehead atoms. The third kappa shape index (κ3) is 11.1. The van der Waals surface area contributed by atoms with Gasteiger partial charge in [-0.15, -0.1) is 0 Å². The van der Waals surface area contributed by atoms with Crippen LogP contribution in [0.1, 0.15) is 81.5 Å². The molecule has 0 saturated heterocycles. The van der Waals surface area contributed by atoms with Crippen LogP contribution in [0.3, 0.4) is 0 Å². The molecule has 0 heterocycles. The molecule has 1 aromatic rings. The fourth-order valence-electron chi connectivity index (χ4n) is 2.41. The molecule has 0 amide bonds. The maximum absolute atomic E-state index is 11.7. The van der Waals surface area contributed by atoms with Crippen molar-refractivity contribution in [3.05, 3.63) is 35.9 Å². The first-order valence-corrected chi connectivity index (χ1v) is 8.56. The van der Waals surface area contributed by atoms with Crippen LogP contribution in [0.25, 0.3) is 0 Å². The molecule has 0 atom stereocenters. The van der Waals surface area contributed by atoms with Crippen molar-refractivity contribution in [1.82, 2.24) is 0 Å². The molecule has 0 aliphatic rings. The Bertz CT molecular complexity index is 365. The summed E-state index contributed by atoms with van der Waals surface area (Å²) in [6.07, 6.45) is 12.9. The molecule has 3 heteroatoms. The number of hydrogen-bond acceptors (Lipinski definition) is 2. The summed E-state index contributed by atoms with van der Waals surface area (Å²) < 4.78 is 5.26. The first-order valence-electron chi connectivity index (χ1n) is 8.56. The molecular formula is C19H30AgO2. The second kappa shape index (κ2) is 15.3. The van der Waals surface area contributed by atoms with Crippen molar-refractivity contribution in [2.45, 2.75) is 71.1 Å². The number of unbranched alkanes of at least 4 members (excludes halogenated alkanes) is 9. The van der Waals surface area contributed by atoms with E-state index in [9.17, 15) is 4.79 Å². The monoisotopic (exact) mass is 397 g/mol. The molecular weight excluding hydrogens is 368 g/mol. The predicted octanol–water partition coefficient (Wildman–Crippen LogP) is 5.76. The third-order valence-corrected chi connectivity index (χ3v) is 3.74. The van der Waals surface area contributed by atoms with Gasteiger partial charge in [0.1, 0.15) is 0 Å². The Balaban J connectivity index is 0.00000441. The number of esters is 1. The summed E-state index contributed by atoms with van der Waals surface area (Å²) in [6, 6.07) is 9.20. The largest absolute Gasteiger partial charge is 0.462 e. The van der Waals surface area contributed by atoms with E-state index >= 15 is 0 Å². The molecule has 0 aromatic heterocycles. The van der Waals surface area contributed by atoms with Gasteiger partial charge in [0.25, 0.3) is 0 Å². The molecule has 0 unspecified atom stereocenters. The fourth-order valence-corrected chi connectivity index (χ4v) is 2.41. The molecule has 0 fully saturated rings. The Hall–Kier alpha value is -0.570. The smallest absolute Gasteiger partial charge is 0.338 e. The molecule has 0 N–H and O–H groups in total. The van der Waals surface area contributed by atoms with Crippen LogP contribution in [0.2, 0.25) is 0 Å². The topological polar surface area (TPSA) is 26.3 Å². The van der Waals surface area contributed by atoms with Crippen LogP contribution in [-0.2, 0) is 27.1 Å². The van der Waals surface area contributed by atoms with Crippen LogP contribution >= 0.6 is 0 Å². The Morgan fingerprint density at radius 1 is 0.818 bits per heavy atom. The summed E-state index contributed by atoms with van der Waals surface area (Å²) in [5.41, 5.74) is 0.643. The first kappa shape index (κ1) is 21.4. The Kier molecular flexibility index (Phi) is 14.9. The molecule has 1 aromatic carbocycles. The summed E-state index contributed by atoms with van der Waals surface area (Å²) in [5.74, 6) is -0.202. The van der Waals surface area contributed by atoms with Crippen LogP contribution in [0.15, 0.2) is 30.3 Å². The van der Waals surface area contributed by atoms with Gasteiger partial charge in [0.15, 0.2) is 0 Å². The SMILES string of the molecule is CCCCCCCCCCCCOC(=O)c1ccccc1.[Ag]. The number of carbonyl (C=O) groups is 1. The zero-order valence-electron chi connectivity index (χ0n) is 13.8. The van der Waals surface area contributed by atoms with Gasteiger partial charge >= 0.3 is 5.97 Å². The molecule has 0 saturated carbocycles. The molecule has 0 aliphatic carbocycles. The molecule has 22 heavy (non-hydrogen) atoms. The number of hydrogen-bond donors (Lipinski definition) is 0. The van der Waals surface area contributed by atoms with E-state index in [1.807, 2.05) is 18.2 Å². The number of carbonyl (C=O) groups excluding carboxylic acids is 1. The van der Waals surface area contributed by atoms with Crippen LogP contribution in [0.5, 0.6) is 0 Å². The van der Waals surface area contributed by atoms with Gasteiger partial charge in [-0.3, -0.25) is 0 Å².